The summed E-state index contributed by atoms with van der Waals surface area (Å²) >= 11 is 2.75. The molecule has 0 radical (unpaired) electrons. The minimum atomic E-state index is -0.274. The Labute approximate surface area is 187 Å². The number of carbonyl (C=O) groups is 2. The van der Waals surface area contributed by atoms with Crippen LogP contribution in [0.15, 0.2) is 48.5 Å². The average molecular weight is 457 g/mol. The summed E-state index contributed by atoms with van der Waals surface area (Å²) in [5.41, 5.74) is 2.96. The van der Waals surface area contributed by atoms with E-state index in [-0.39, 0.29) is 29.3 Å². The summed E-state index contributed by atoms with van der Waals surface area (Å²) in [5, 5.41) is 12.2. The molecule has 0 bridgehead atoms. The van der Waals surface area contributed by atoms with Crippen LogP contribution < -0.4 is 10.2 Å². The van der Waals surface area contributed by atoms with Crippen molar-refractivity contribution < 1.29 is 14.0 Å². The largest absolute Gasteiger partial charge is 0.312 e. The zero-order chi connectivity index (χ0) is 21.8. The molecule has 0 spiro atoms. The Morgan fingerprint density at radius 1 is 1.26 bits per heavy atom. The van der Waals surface area contributed by atoms with E-state index in [1.54, 1.807) is 17.0 Å². The van der Waals surface area contributed by atoms with Crippen LogP contribution in [0.5, 0.6) is 0 Å². The summed E-state index contributed by atoms with van der Waals surface area (Å²) in [7, 11) is 0. The van der Waals surface area contributed by atoms with Crippen molar-refractivity contribution in [3.63, 3.8) is 0 Å². The van der Waals surface area contributed by atoms with Crippen molar-refractivity contribution in [2.24, 2.45) is 0 Å². The monoisotopic (exact) mass is 456 g/mol. The third-order valence-corrected chi connectivity index (χ3v) is 6.89. The molecular formula is C22H21FN4O2S2. The van der Waals surface area contributed by atoms with E-state index in [0.29, 0.717) is 23.8 Å². The summed E-state index contributed by atoms with van der Waals surface area (Å²) in [6.07, 6.45) is 0.379. The number of benzene rings is 2. The van der Waals surface area contributed by atoms with Crippen LogP contribution in [0.4, 0.5) is 15.2 Å². The van der Waals surface area contributed by atoms with E-state index < -0.39 is 0 Å². The average Bonchev–Trinajstić information content (AvgIpc) is 3.36. The van der Waals surface area contributed by atoms with Gasteiger partial charge in [0.25, 0.3) is 0 Å². The van der Waals surface area contributed by atoms with Gasteiger partial charge < -0.3 is 4.90 Å². The summed E-state index contributed by atoms with van der Waals surface area (Å²) < 4.78 is 12.9. The number of thioether (sulfide) groups is 1. The second kappa shape index (κ2) is 9.57. The van der Waals surface area contributed by atoms with Gasteiger partial charge in [-0.2, -0.15) is 0 Å². The van der Waals surface area contributed by atoms with Gasteiger partial charge >= 0.3 is 0 Å². The molecule has 2 amide bonds. The first-order chi connectivity index (χ1) is 15.0. The number of aromatic nitrogens is 2. The van der Waals surface area contributed by atoms with Crippen molar-refractivity contribution in [3.8, 4) is 0 Å². The Hall–Kier alpha value is -2.78. The highest BCUT2D eigenvalue weighted by Crippen LogP contribution is 2.34. The lowest BCUT2D eigenvalue weighted by molar-refractivity contribution is -0.117. The number of nitrogens with one attached hydrogen (secondary N) is 1. The van der Waals surface area contributed by atoms with Gasteiger partial charge in [0.1, 0.15) is 10.8 Å². The first-order valence-electron chi connectivity index (χ1n) is 9.80. The quantitative estimate of drug-likeness (QED) is 0.571. The fraction of sp³-hybridized carbons (Fsp3) is 0.273. The molecule has 2 aromatic carbocycles. The van der Waals surface area contributed by atoms with Crippen LogP contribution in [-0.4, -0.2) is 34.3 Å². The van der Waals surface area contributed by atoms with Crippen LogP contribution in [0.3, 0.4) is 0 Å². The summed E-state index contributed by atoms with van der Waals surface area (Å²) in [5.74, 6) is 0.462. The molecule has 31 heavy (non-hydrogen) atoms. The lowest BCUT2D eigenvalue weighted by Gasteiger charge is -2.16. The van der Waals surface area contributed by atoms with E-state index in [0.717, 1.165) is 21.8 Å². The van der Waals surface area contributed by atoms with Crippen LogP contribution >= 0.6 is 23.1 Å². The molecule has 1 aliphatic rings. The predicted molar refractivity (Wildman–Crippen MR) is 122 cm³/mol. The number of hydrogen-bond donors (Lipinski definition) is 1. The van der Waals surface area contributed by atoms with Crippen molar-refractivity contribution in [1.82, 2.24) is 10.2 Å². The van der Waals surface area contributed by atoms with Crippen molar-refractivity contribution in [1.29, 1.82) is 0 Å². The zero-order valence-corrected chi connectivity index (χ0v) is 18.5. The molecule has 1 unspecified atom stereocenters. The van der Waals surface area contributed by atoms with Gasteiger partial charge in [-0.3, -0.25) is 14.9 Å². The van der Waals surface area contributed by atoms with Crippen molar-refractivity contribution in [2.75, 3.05) is 22.5 Å². The van der Waals surface area contributed by atoms with Gasteiger partial charge in [0.15, 0.2) is 0 Å². The van der Waals surface area contributed by atoms with Crippen molar-refractivity contribution in [3.05, 3.63) is 70.5 Å². The third-order valence-electron chi connectivity index (χ3n) is 4.89. The van der Waals surface area contributed by atoms with Gasteiger partial charge in [-0.15, -0.1) is 22.0 Å². The van der Waals surface area contributed by atoms with Gasteiger partial charge in [-0.1, -0.05) is 35.6 Å². The molecule has 1 aromatic heterocycles. The van der Waals surface area contributed by atoms with Gasteiger partial charge in [-0.05, 0) is 42.3 Å². The molecule has 6 nitrogen and oxygen atoms in total. The molecule has 2 heterocycles. The fourth-order valence-electron chi connectivity index (χ4n) is 3.37. The Morgan fingerprint density at radius 3 is 2.84 bits per heavy atom. The van der Waals surface area contributed by atoms with E-state index in [9.17, 15) is 14.0 Å². The summed E-state index contributed by atoms with van der Waals surface area (Å²) in [4.78, 5) is 26.5. The van der Waals surface area contributed by atoms with E-state index in [4.69, 9.17) is 0 Å². The zero-order valence-electron chi connectivity index (χ0n) is 16.9. The number of nitrogens with zero attached hydrogens (tertiary/aromatic N) is 3. The Bertz CT molecular complexity index is 1090. The molecule has 1 aliphatic heterocycles. The molecule has 0 saturated carbocycles. The third kappa shape index (κ3) is 5.48. The molecule has 160 valence electrons. The number of anilines is 2. The number of rotatable bonds is 7. The number of amides is 2. The summed E-state index contributed by atoms with van der Waals surface area (Å²) in [6.45, 7) is 2.55. The maximum absolute atomic E-state index is 12.9. The predicted octanol–water partition coefficient (Wildman–Crippen LogP) is 4.38. The highest BCUT2D eigenvalue weighted by atomic mass is 32.2. The van der Waals surface area contributed by atoms with Gasteiger partial charge in [0.2, 0.25) is 16.9 Å². The highest BCUT2D eigenvalue weighted by molar-refractivity contribution is 7.99. The molecule has 3 aromatic rings. The molecule has 0 aliphatic carbocycles. The first-order valence-corrected chi connectivity index (χ1v) is 11.8. The Balaban J connectivity index is 1.29. The minimum Gasteiger partial charge on any atom is -0.312 e. The molecule has 1 fully saturated rings. The molecule has 1 saturated heterocycles. The maximum atomic E-state index is 12.9. The van der Waals surface area contributed by atoms with E-state index >= 15 is 0 Å². The second-order valence-electron chi connectivity index (χ2n) is 7.36. The normalized spacial score (nSPS) is 16.0. The highest BCUT2D eigenvalue weighted by Gasteiger charge is 2.34. The first kappa shape index (κ1) is 21.5. The minimum absolute atomic E-state index is 0.0379. The summed E-state index contributed by atoms with van der Waals surface area (Å²) in [6, 6.07) is 14.1. The molecular weight excluding hydrogens is 435 g/mol. The van der Waals surface area contributed by atoms with E-state index in [1.165, 1.54) is 35.2 Å². The Morgan fingerprint density at radius 2 is 2.06 bits per heavy atom. The standard InChI is InChI=1S/C22H21FN4O2S2/c1-14-3-2-4-18(9-14)27-11-16(10-20(27)29)21-25-26-22(31-21)24-19(28)13-30-12-15-5-7-17(23)8-6-15/h2-9,16H,10-13H2,1H3,(H,24,26,28). The number of carbonyl (C=O) groups excluding carboxylic acids is 2. The molecule has 1 N–H and O–H groups in total. The molecule has 9 heteroatoms. The van der Waals surface area contributed by atoms with Crippen LogP contribution in [0, 0.1) is 12.7 Å². The van der Waals surface area contributed by atoms with E-state index in [1.807, 2.05) is 31.2 Å². The van der Waals surface area contributed by atoms with E-state index in [2.05, 4.69) is 15.5 Å². The molecule has 1 atom stereocenters. The van der Waals surface area contributed by atoms with Crippen molar-refractivity contribution in [2.45, 2.75) is 25.0 Å². The number of aryl methyl sites for hydroxylation is 1. The van der Waals surface area contributed by atoms with Gasteiger partial charge in [-0.25, -0.2) is 4.39 Å². The van der Waals surface area contributed by atoms with Crippen LogP contribution in [-0.2, 0) is 15.3 Å². The van der Waals surface area contributed by atoms with Gasteiger partial charge in [0.05, 0.1) is 5.75 Å². The topological polar surface area (TPSA) is 75.2 Å². The second-order valence-corrected chi connectivity index (χ2v) is 9.35. The van der Waals surface area contributed by atoms with Crippen molar-refractivity contribution >= 4 is 45.7 Å². The number of hydrogen-bond acceptors (Lipinski definition) is 6. The lowest BCUT2D eigenvalue weighted by atomic mass is 10.1. The smallest absolute Gasteiger partial charge is 0.236 e. The Kier molecular flexibility index (Phi) is 6.62. The van der Waals surface area contributed by atoms with Crippen LogP contribution in [0.1, 0.15) is 28.5 Å². The SMILES string of the molecule is Cc1cccc(N2CC(c3nnc(NC(=O)CSCc4ccc(F)cc4)s3)CC2=O)c1. The molecule has 4 rings (SSSR count). The number of halogens is 1. The maximum Gasteiger partial charge on any atom is 0.236 e. The lowest BCUT2D eigenvalue weighted by Crippen LogP contribution is -2.24. The van der Waals surface area contributed by atoms with Gasteiger partial charge in [0, 0.05) is 30.3 Å². The van der Waals surface area contributed by atoms with Crippen LogP contribution in [0.25, 0.3) is 0 Å². The fourth-order valence-corrected chi connectivity index (χ4v) is 5.00. The van der Waals surface area contributed by atoms with Crippen LogP contribution in [0.2, 0.25) is 0 Å².